The SMILES string of the molecule is CCOc1ccc(N2C(=O)NC(=O)/C(=C\c3ccc(Cc4ccccc4Br)c(OCC)c3)C2=O)cc1. The molecule has 4 amide bonds. The number of barbiturate groups is 1. The average Bonchev–Trinajstić information content (AvgIpc) is 2.86. The number of hydrogen-bond donors (Lipinski definition) is 1. The molecule has 0 bridgehead atoms. The lowest BCUT2D eigenvalue weighted by Crippen LogP contribution is -2.54. The summed E-state index contributed by atoms with van der Waals surface area (Å²) in [6, 6.07) is 19.2. The fraction of sp³-hybridized carbons (Fsp3) is 0.179. The van der Waals surface area contributed by atoms with Gasteiger partial charge in [0, 0.05) is 10.9 Å². The maximum Gasteiger partial charge on any atom is 0.335 e. The maximum atomic E-state index is 13.2. The van der Waals surface area contributed by atoms with E-state index in [1.165, 1.54) is 6.08 Å². The Kier molecular flexibility index (Phi) is 7.85. The summed E-state index contributed by atoms with van der Waals surface area (Å²) in [4.78, 5) is 39.3. The topological polar surface area (TPSA) is 84.9 Å². The van der Waals surface area contributed by atoms with Crippen LogP contribution in [-0.2, 0) is 16.0 Å². The summed E-state index contributed by atoms with van der Waals surface area (Å²) in [5.41, 5.74) is 2.86. The van der Waals surface area contributed by atoms with E-state index in [4.69, 9.17) is 9.47 Å². The van der Waals surface area contributed by atoms with Gasteiger partial charge in [-0.05, 0) is 73.0 Å². The van der Waals surface area contributed by atoms with Crippen molar-refractivity contribution in [1.29, 1.82) is 0 Å². The summed E-state index contributed by atoms with van der Waals surface area (Å²) >= 11 is 3.58. The monoisotopic (exact) mass is 548 g/mol. The molecule has 8 heteroatoms. The van der Waals surface area contributed by atoms with E-state index in [0.717, 1.165) is 20.5 Å². The van der Waals surface area contributed by atoms with Gasteiger partial charge in [0.05, 0.1) is 18.9 Å². The first-order chi connectivity index (χ1) is 17.4. The highest BCUT2D eigenvalue weighted by molar-refractivity contribution is 9.10. The molecule has 0 saturated carbocycles. The lowest BCUT2D eigenvalue weighted by atomic mass is 10.0. The first kappa shape index (κ1) is 25.2. The van der Waals surface area contributed by atoms with Crippen LogP contribution in [0.15, 0.2) is 76.8 Å². The van der Waals surface area contributed by atoms with Gasteiger partial charge in [-0.15, -0.1) is 0 Å². The molecule has 0 spiro atoms. The molecule has 36 heavy (non-hydrogen) atoms. The van der Waals surface area contributed by atoms with E-state index < -0.39 is 17.8 Å². The highest BCUT2D eigenvalue weighted by Crippen LogP contribution is 2.29. The zero-order chi connectivity index (χ0) is 25.7. The number of carbonyl (C=O) groups is 3. The van der Waals surface area contributed by atoms with E-state index in [1.54, 1.807) is 30.3 Å². The third-order valence-electron chi connectivity index (χ3n) is 5.55. The van der Waals surface area contributed by atoms with Crippen molar-refractivity contribution < 1.29 is 23.9 Å². The van der Waals surface area contributed by atoms with Crippen molar-refractivity contribution in [2.24, 2.45) is 0 Å². The van der Waals surface area contributed by atoms with Gasteiger partial charge in [-0.25, -0.2) is 9.69 Å². The number of anilines is 1. The van der Waals surface area contributed by atoms with E-state index >= 15 is 0 Å². The number of carbonyl (C=O) groups excluding carboxylic acids is 3. The molecular formula is C28H25BrN2O5. The standard InChI is InChI=1S/C28H25BrN2O5/c1-3-35-22-13-11-21(12-14-22)31-27(33)23(26(32)30-28(31)34)15-18-9-10-20(25(16-18)36-4-2)17-19-7-5-6-8-24(19)29/h5-16H,3-4,17H2,1-2H3,(H,30,32,34)/b23-15+. The smallest absolute Gasteiger partial charge is 0.335 e. The van der Waals surface area contributed by atoms with Gasteiger partial charge < -0.3 is 9.47 Å². The number of benzene rings is 3. The molecule has 3 aromatic rings. The zero-order valence-electron chi connectivity index (χ0n) is 19.9. The minimum atomic E-state index is -0.801. The molecule has 0 aliphatic carbocycles. The van der Waals surface area contributed by atoms with Crippen LogP contribution < -0.4 is 19.7 Å². The van der Waals surface area contributed by atoms with Gasteiger partial charge in [-0.3, -0.25) is 14.9 Å². The van der Waals surface area contributed by atoms with E-state index in [1.807, 2.05) is 50.2 Å². The predicted molar refractivity (Wildman–Crippen MR) is 141 cm³/mol. The number of rotatable bonds is 8. The second kappa shape index (κ2) is 11.2. The van der Waals surface area contributed by atoms with Crippen LogP contribution in [0.4, 0.5) is 10.5 Å². The van der Waals surface area contributed by atoms with E-state index in [9.17, 15) is 14.4 Å². The third kappa shape index (κ3) is 5.49. The number of urea groups is 1. The van der Waals surface area contributed by atoms with Crippen molar-refractivity contribution in [3.63, 3.8) is 0 Å². The van der Waals surface area contributed by atoms with Crippen molar-refractivity contribution in [2.45, 2.75) is 20.3 Å². The Labute approximate surface area is 217 Å². The van der Waals surface area contributed by atoms with Crippen LogP contribution in [0.25, 0.3) is 6.08 Å². The summed E-state index contributed by atoms with van der Waals surface area (Å²) in [5, 5.41) is 2.25. The first-order valence-electron chi connectivity index (χ1n) is 11.5. The molecule has 1 aliphatic rings. The van der Waals surface area contributed by atoms with Crippen LogP contribution in [0.2, 0.25) is 0 Å². The summed E-state index contributed by atoms with van der Waals surface area (Å²) in [5.74, 6) is -0.180. The van der Waals surface area contributed by atoms with Crippen LogP contribution in [0.1, 0.15) is 30.5 Å². The van der Waals surface area contributed by atoms with Crippen LogP contribution in [0.5, 0.6) is 11.5 Å². The molecule has 0 atom stereocenters. The Morgan fingerprint density at radius 1 is 0.889 bits per heavy atom. The van der Waals surface area contributed by atoms with Gasteiger partial charge in [0.15, 0.2) is 0 Å². The van der Waals surface area contributed by atoms with Gasteiger partial charge in [0.2, 0.25) is 0 Å². The van der Waals surface area contributed by atoms with Crippen molar-refractivity contribution in [3.8, 4) is 11.5 Å². The summed E-state index contributed by atoms with van der Waals surface area (Å²) in [7, 11) is 0. The summed E-state index contributed by atoms with van der Waals surface area (Å²) < 4.78 is 12.3. The number of halogens is 1. The average molecular weight is 549 g/mol. The molecular weight excluding hydrogens is 524 g/mol. The molecule has 4 rings (SSSR count). The number of nitrogens with zero attached hydrogens (tertiary/aromatic N) is 1. The Bertz CT molecular complexity index is 1330. The first-order valence-corrected chi connectivity index (χ1v) is 12.3. The number of hydrogen-bond acceptors (Lipinski definition) is 5. The number of nitrogens with one attached hydrogen (secondary N) is 1. The van der Waals surface area contributed by atoms with Crippen LogP contribution in [0.3, 0.4) is 0 Å². The minimum Gasteiger partial charge on any atom is -0.494 e. The van der Waals surface area contributed by atoms with Gasteiger partial charge >= 0.3 is 6.03 Å². The van der Waals surface area contributed by atoms with Crippen LogP contribution >= 0.6 is 15.9 Å². The number of amides is 4. The highest BCUT2D eigenvalue weighted by atomic mass is 79.9. The minimum absolute atomic E-state index is 0.149. The third-order valence-corrected chi connectivity index (χ3v) is 6.32. The lowest BCUT2D eigenvalue weighted by molar-refractivity contribution is -0.122. The molecule has 0 unspecified atom stereocenters. The Morgan fingerprint density at radius 2 is 1.61 bits per heavy atom. The van der Waals surface area contributed by atoms with Crippen molar-refractivity contribution in [3.05, 3.63) is 93.5 Å². The van der Waals surface area contributed by atoms with Gasteiger partial charge in [-0.1, -0.05) is 46.3 Å². The Morgan fingerprint density at radius 3 is 2.31 bits per heavy atom. The molecule has 0 radical (unpaired) electrons. The lowest BCUT2D eigenvalue weighted by Gasteiger charge is -2.26. The normalized spacial score (nSPS) is 14.7. The fourth-order valence-electron chi connectivity index (χ4n) is 3.86. The molecule has 1 heterocycles. The van der Waals surface area contributed by atoms with Crippen molar-refractivity contribution in [2.75, 3.05) is 18.1 Å². The zero-order valence-corrected chi connectivity index (χ0v) is 21.5. The molecule has 7 nitrogen and oxygen atoms in total. The second-order valence-corrected chi connectivity index (χ2v) is 8.81. The van der Waals surface area contributed by atoms with Gasteiger partial charge in [0.1, 0.15) is 17.1 Å². The molecule has 1 aliphatic heterocycles. The molecule has 1 saturated heterocycles. The van der Waals surface area contributed by atoms with Gasteiger partial charge in [0.25, 0.3) is 11.8 Å². The van der Waals surface area contributed by atoms with Crippen LogP contribution in [-0.4, -0.2) is 31.1 Å². The molecule has 3 aromatic carbocycles. The quantitative estimate of drug-likeness (QED) is 0.296. The van der Waals surface area contributed by atoms with Gasteiger partial charge in [-0.2, -0.15) is 0 Å². The van der Waals surface area contributed by atoms with Crippen LogP contribution in [0, 0.1) is 0 Å². The Hall–Kier alpha value is -3.91. The molecule has 1 fully saturated rings. The maximum absolute atomic E-state index is 13.2. The van der Waals surface area contributed by atoms with E-state index in [-0.39, 0.29) is 5.57 Å². The van der Waals surface area contributed by atoms with Crippen molar-refractivity contribution in [1.82, 2.24) is 5.32 Å². The second-order valence-electron chi connectivity index (χ2n) is 7.95. The fourth-order valence-corrected chi connectivity index (χ4v) is 4.29. The number of ether oxygens (including phenoxy) is 2. The van der Waals surface area contributed by atoms with Crippen molar-refractivity contribution >= 4 is 45.5 Å². The summed E-state index contributed by atoms with van der Waals surface area (Å²) in [6.07, 6.45) is 2.11. The highest BCUT2D eigenvalue weighted by Gasteiger charge is 2.36. The Balaban J connectivity index is 1.64. The molecule has 0 aromatic heterocycles. The van der Waals surface area contributed by atoms with E-state index in [2.05, 4.69) is 21.2 Å². The molecule has 184 valence electrons. The largest absolute Gasteiger partial charge is 0.494 e. The summed E-state index contributed by atoms with van der Waals surface area (Å²) in [6.45, 7) is 4.71. The van der Waals surface area contributed by atoms with E-state index in [0.29, 0.717) is 42.4 Å². The predicted octanol–water partition coefficient (Wildman–Crippen LogP) is 5.50. The number of imide groups is 2. The molecule has 1 N–H and O–H groups in total.